The van der Waals surface area contributed by atoms with Crippen molar-refractivity contribution in [1.82, 2.24) is 0 Å². The van der Waals surface area contributed by atoms with Crippen LogP contribution in [0.5, 0.6) is 11.5 Å². The second-order valence-electron chi connectivity index (χ2n) is 5.49. The van der Waals surface area contributed by atoms with Crippen LogP contribution < -0.4 is 15.2 Å². The second-order valence-corrected chi connectivity index (χ2v) is 5.49. The Hall–Kier alpha value is -2.00. The molecule has 1 heterocycles. The summed E-state index contributed by atoms with van der Waals surface area (Å²) in [5.74, 6) is 1.87. The maximum atomic E-state index is 6.12. The van der Waals surface area contributed by atoms with Crippen LogP contribution in [0.2, 0.25) is 0 Å². The van der Waals surface area contributed by atoms with E-state index in [1.807, 2.05) is 6.07 Å². The topological polar surface area (TPSA) is 44.5 Å². The fourth-order valence-electron chi connectivity index (χ4n) is 2.91. The Morgan fingerprint density at radius 3 is 2.81 bits per heavy atom. The molecule has 1 aliphatic rings. The average Bonchev–Trinajstić information content (AvgIpc) is 2.53. The second kappa shape index (κ2) is 5.78. The molecule has 110 valence electrons. The number of hydrogen-bond donors (Lipinski definition) is 1. The minimum atomic E-state index is 0.122. The standard InChI is InChI=1S/C18H21NO2/c1-12-10-14(20-2)8-9-16(12)17-5-3-4-13-6-7-15(11-19)21-18(13)17/h3-5,8-10,15H,6-7,11,19H2,1-2H3/t15-/m1/s1. The van der Waals surface area contributed by atoms with Gasteiger partial charge in [0.15, 0.2) is 0 Å². The van der Waals surface area contributed by atoms with Gasteiger partial charge in [-0.2, -0.15) is 0 Å². The summed E-state index contributed by atoms with van der Waals surface area (Å²) in [6.45, 7) is 2.66. The lowest BCUT2D eigenvalue weighted by Crippen LogP contribution is -2.30. The molecule has 3 nitrogen and oxygen atoms in total. The zero-order valence-corrected chi connectivity index (χ0v) is 12.6. The zero-order valence-electron chi connectivity index (χ0n) is 12.6. The highest BCUT2D eigenvalue weighted by Crippen LogP contribution is 2.39. The van der Waals surface area contributed by atoms with Gasteiger partial charge < -0.3 is 15.2 Å². The van der Waals surface area contributed by atoms with Gasteiger partial charge in [-0.25, -0.2) is 0 Å². The van der Waals surface area contributed by atoms with Crippen LogP contribution in [0, 0.1) is 6.92 Å². The minimum absolute atomic E-state index is 0.122. The Balaban J connectivity index is 2.07. The number of fused-ring (bicyclic) bond motifs is 1. The van der Waals surface area contributed by atoms with Gasteiger partial charge in [-0.15, -0.1) is 0 Å². The zero-order chi connectivity index (χ0) is 14.8. The molecule has 0 saturated heterocycles. The van der Waals surface area contributed by atoms with E-state index in [0.29, 0.717) is 6.54 Å². The van der Waals surface area contributed by atoms with Crippen LogP contribution in [0.1, 0.15) is 17.5 Å². The molecule has 0 saturated carbocycles. The van der Waals surface area contributed by atoms with Crippen LogP contribution in [-0.4, -0.2) is 19.8 Å². The predicted octanol–water partition coefficient (Wildman–Crippen LogP) is 3.32. The van der Waals surface area contributed by atoms with Crippen LogP contribution in [-0.2, 0) is 6.42 Å². The van der Waals surface area contributed by atoms with Crippen molar-refractivity contribution >= 4 is 0 Å². The highest BCUT2D eigenvalue weighted by Gasteiger charge is 2.22. The average molecular weight is 283 g/mol. The Kier molecular flexibility index (Phi) is 3.84. The van der Waals surface area contributed by atoms with Crippen molar-refractivity contribution in [3.63, 3.8) is 0 Å². The molecule has 0 aliphatic carbocycles. The van der Waals surface area contributed by atoms with Crippen molar-refractivity contribution in [1.29, 1.82) is 0 Å². The van der Waals surface area contributed by atoms with E-state index < -0.39 is 0 Å². The molecule has 3 rings (SSSR count). The van der Waals surface area contributed by atoms with Crippen LogP contribution in [0.3, 0.4) is 0 Å². The number of methoxy groups -OCH3 is 1. The van der Waals surface area contributed by atoms with Crippen LogP contribution in [0.15, 0.2) is 36.4 Å². The van der Waals surface area contributed by atoms with Gasteiger partial charge in [0.1, 0.15) is 17.6 Å². The summed E-state index contributed by atoms with van der Waals surface area (Å²) < 4.78 is 11.4. The van der Waals surface area contributed by atoms with Crippen molar-refractivity contribution in [2.45, 2.75) is 25.9 Å². The van der Waals surface area contributed by atoms with E-state index in [2.05, 4.69) is 37.3 Å². The number of aryl methyl sites for hydroxylation is 2. The summed E-state index contributed by atoms with van der Waals surface area (Å²) in [4.78, 5) is 0. The molecule has 2 N–H and O–H groups in total. The molecule has 21 heavy (non-hydrogen) atoms. The lowest BCUT2D eigenvalue weighted by atomic mass is 9.93. The van der Waals surface area contributed by atoms with Crippen LogP contribution in [0.25, 0.3) is 11.1 Å². The largest absolute Gasteiger partial charge is 0.497 e. The van der Waals surface area contributed by atoms with Gasteiger partial charge in [0.25, 0.3) is 0 Å². The monoisotopic (exact) mass is 283 g/mol. The highest BCUT2D eigenvalue weighted by atomic mass is 16.5. The lowest BCUT2D eigenvalue weighted by molar-refractivity contribution is 0.182. The van der Waals surface area contributed by atoms with E-state index >= 15 is 0 Å². The number of ether oxygens (including phenoxy) is 2. The molecule has 2 aromatic carbocycles. The summed E-state index contributed by atoms with van der Waals surface area (Å²) in [5.41, 5.74) is 10.6. The van der Waals surface area contributed by atoms with Crippen molar-refractivity contribution in [3.05, 3.63) is 47.5 Å². The fourth-order valence-corrected chi connectivity index (χ4v) is 2.91. The first-order valence-corrected chi connectivity index (χ1v) is 7.36. The smallest absolute Gasteiger partial charge is 0.130 e. The number of para-hydroxylation sites is 1. The fraction of sp³-hybridized carbons (Fsp3) is 0.333. The molecule has 2 aromatic rings. The summed E-state index contributed by atoms with van der Waals surface area (Å²) >= 11 is 0. The number of nitrogens with two attached hydrogens (primary N) is 1. The Morgan fingerprint density at radius 1 is 1.24 bits per heavy atom. The van der Waals surface area contributed by atoms with Gasteiger partial charge in [-0.05, 0) is 48.6 Å². The molecule has 0 aromatic heterocycles. The molecule has 0 spiro atoms. The molecule has 0 radical (unpaired) electrons. The highest BCUT2D eigenvalue weighted by molar-refractivity contribution is 5.75. The SMILES string of the molecule is COc1ccc(-c2cccc3c2O[C@@H](CN)CC3)c(C)c1. The first-order chi connectivity index (χ1) is 10.2. The number of hydrogen-bond acceptors (Lipinski definition) is 3. The Morgan fingerprint density at radius 2 is 2.10 bits per heavy atom. The predicted molar refractivity (Wildman–Crippen MR) is 85.0 cm³/mol. The molecule has 0 bridgehead atoms. The van der Waals surface area contributed by atoms with E-state index in [1.54, 1.807) is 7.11 Å². The first kappa shape index (κ1) is 14.0. The summed E-state index contributed by atoms with van der Waals surface area (Å²) in [5, 5.41) is 0. The first-order valence-electron chi connectivity index (χ1n) is 7.36. The third-order valence-corrected chi connectivity index (χ3v) is 4.10. The Labute approximate surface area is 125 Å². The third kappa shape index (κ3) is 2.61. The van der Waals surface area contributed by atoms with Gasteiger partial charge >= 0.3 is 0 Å². The molecule has 1 atom stereocenters. The Bertz CT molecular complexity index is 652. The molecular formula is C18H21NO2. The van der Waals surface area contributed by atoms with Gasteiger partial charge in [0.2, 0.25) is 0 Å². The normalized spacial score (nSPS) is 17.0. The number of rotatable bonds is 3. The van der Waals surface area contributed by atoms with E-state index in [1.165, 1.54) is 16.7 Å². The van der Waals surface area contributed by atoms with E-state index in [9.17, 15) is 0 Å². The van der Waals surface area contributed by atoms with Crippen molar-refractivity contribution in [2.75, 3.05) is 13.7 Å². The van der Waals surface area contributed by atoms with Gasteiger partial charge in [-0.3, -0.25) is 0 Å². The van der Waals surface area contributed by atoms with Crippen molar-refractivity contribution < 1.29 is 9.47 Å². The summed E-state index contributed by atoms with van der Waals surface area (Å²) in [7, 11) is 1.69. The molecular weight excluding hydrogens is 262 g/mol. The minimum Gasteiger partial charge on any atom is -0.497 e. The summed E-state index contributed by atoms with van der Waals surface area (Å²) in [6.07, 6.45) is 2.15. The van der Waals surface area contributed by atoms with E-state index in [-0.39, 0.29) is 6.10 Å². The molecule has 0 amide bonds. The third-order valence-electron chi connectivity index (χ3n) is 4.10. The molecule has 3 heteroatoms. The van der Waals surface area contributed by atoms with Gasteiger partial charge in [0.05, 0.1) is 7.11 Å². The van der Waals surface area contributed by atoms with Crippen molar-refractivity contribution in [2.24, 2.45) is 5.73 Å². The van der Waals surface area contributed by atoms with Crippen LogP contribution in [0.4, 0.5) is 0 Å². The van der Waals surface area contributed by atoms with Gasteiger partial charge in [0, 0.05) is 12.1 Å². The maximum absolute atomic E-state index is 6.12. The molecule has 0 fully saturated rings. The maximum Gasteiger partial charge on any atom is 0.130 e. The molecule has 1 aliphatic heterocycles. The lowest BCUT2D eigenvalue weighted by Gasteiger charge is -2.27. The van der Waals surface area contributed by atoms with E-state index in [4.69, 9.17) is 15.2 Å². The van der Waals surface area contributed by atoms with Gasteiger partial charge in [-0.1, -0.05) is 24.3 Å². The van der Waals surface area contributed by atoms with E-state index in [0.717, 1.165) is 29.9 Å². The van der Waals surface area contributed by atoms with Crippen LogP contribution >= 0.6 is 0 Å². The quantitative estimate of drug-likeness (QED) is 0.939. The molecule has 0 unspecified atom stereocenters. The number of benzene rings is 2. The van der Waals surface area contributed by atoms with Crippen molar-refractivity contribution in [3.8, 4) is 22.6 Å². The summed E-state index contributed by atoms with van der Waals surface area (Å²) in [6, 6.07) is 12.5.